The summed E-state index contributed by atoms with van der Waals surface area (Å²) in [7, 11) is 1.53. The van der Waals surface area contributed by atoms with E-state index in [1.54, 1.807) is 60.7 Å². The quantitative estimate of drug-likeness (QED) is 0.0506. The predicted octanol–water partition coefficient (Wildman–Crippen LogP) is 7.42. The number of nitrogens with one attached hydrogen (secondary N) is 3. The number of pyridine rings is 1. The third-order valence-electron chi connectivity index (χ3n) is 12.0. The molecule has 1 aliphatic rings. The van der Waals surface area contributed by atoms with Crippen LogP contribution < -0.4 is 20.9 Å². The zero-order valence-corrected chi connectivity index (χ0v) is 36.9. The van der Waals surface area contributed by atoms with Crippen LogP contribution in [-0.4, -0.2) is 70.4 Å². The van der Waals surface area contributed by atoms with Gasteiger partial charge in [-0.2, -0.15) is 0 Å². The summed E-state index contributed by atoms with van der Waals surface area (Å²) >= 11 is 1.50. The number of fused-ring (bicyclic) bond motifs is 1. The Morgan fingerprint density at radius 2 is 1.62 bits per heavy atom. The van der Waals surface area contributed by atoms with Crippen LogP contribution in [0.15, 0.2) is 144 Å². The van der Waals surface area contributed by atoms with Crippen LogP contribution in [0.3, 0.4) is 0 Å². The van der Waals surface area contributed by atoms with Crippen LogP contribution in [0.25, 0.3) is 21.3 Å². The number of likely N-dealkylation sites (tertiary alicyclic amines) is 1. The number of carbonyl (C=O) groups is 2. The number of carbonyl (C=O) groups excluding carboxylic acids is 2. The van der Waals surface area contributed by atoms with E-state index in [2.05, 4.69) is 44.8 Å². The molecule has 0 spiro atoms. The number of phenols is 1. The van der Waals surface area contributed by atoms with Gasteiger partial charge in [0.25, 0.3) is 5.91 Å². The van der Waals surface area contributed by atoms with Gasteiger partial charge in [0, 0.05) is 57.5 Å². The van der Waals surface area contributed by atoms with E-state index in [0.717, 1.165) is 53.4 Å². The number of rotatable bonds is 17. The fraction of sp³-hybridized carbons (Fsp3) is 0.250. The molecule has 2 aromatic heterocycles. The largest absolute Gasteiger partial charge is 0.506 e. The molecule has 0 saturated carbocycles. The number of ether oxygens (including phenoxy) is 2. The van der Waals surface area contributed by atoms with Crippen molar-refractivity contribution >= 4 is 34.1 Å². The van der Waals surface area contributed by atoms with Gasteiger partial charge in [-0.25, -0.2) is 4.79 Å². The topological polar surface area (TPSA) is 173 Å². The molecule has 2 unspecified atom stereocenters. The van der Waals surface area contributed by atoms with Gasteiger partial charge in [0.15, 0.2) is 0 Å². The molecule has 5 aromatic carbocycles. The van der Waals surface area contributed by atoms with E-state index < -0.39 is 17.7 Å². The second kappa shape index (κ2) is 20.5. The number of piperidine rings is 1. The van der Waals surface area contributed by atoms with Crippen molar-refractivity contribution < 1.29 is 34.4 Å². The molecule has 7 aromatic rings. The van der Waals surface area contributed by atoms with Gasteiger partial charge in [-0.3, -0.25) is 14.5 Å². The lowest BCUT2D eigenvalue weighted by atomic mass is 9.85. The number of hydrogen-bond donors (Lipinski definition) is 6. The summed E-state index contributed by atoms with van der Waals surface area (Å²) in [6.07, 6.45) is 0.875. The Hall–Kier alpha value is -6.61. The fourth-order valence-corrected chi connectivity index (χ4v) is 9.31. The Balaban J connectivity index is 0.871. The Morgan fingerprint density at radius 1 is 0.862 bits per heavy atom. The number of aliphatic hydroxyl groups excluding tert-OH is 1. The van der Waals surface area contributed by atoms with E-state index in [4.69, 9.17) is 9.47 Å². The van der Waals surface area contributed by atoms with Crippen molar-refractivity contribution in [2.75, 3.05) is 33.4 Å². The lowest BCUT2D eigenvalue weighted by molar-refractivity contribution is -0.164. The van der Waals surface area contributed by atoms with E-state index in [-0.39, 0.29) is 48.3 Å². The maximum Gasteiger partial charge on any atom is 0.347 e. The predicted molar refractivity (Wildman–Crippen MR) is 252 cm³/mol. The van der Waals surface area contributed by atoms with Gasteiger partial charge in [-0.15, -0.1) is 11.3 Å². The summed E-state index contributed by atoms with van der Waals surface area (Å²) < 4.78 is 11.6. The maximum atomic E-state index is 14.0. The molecule has 334 valence electrons. The number of thiophene rings is 1. The number of aromatic amines is 1. The van der Waals surface area contributed by atoms with Crippen molar-refractivity contribution in [2.24, 2.45) is 5.92 Å². The van der Waals surface area contributed by atoms with E-state index in [1.165, 1.54) is 36.1 Å². The summed E-state index contributed by atoms with van der Waals surface area (Å²) in [5.74, 6) is -0.359. The molecular weight excluding hydrogens is 841 g/mol. The molecule has 0 aliphatic carbocycles. The van der Waals surface area contributed by atoms with Crippen molar-refractivity contribution in [2.45, 2.75) is 44.2 Å². The molecule has 2 atom stereocenters. The average molecular weight is 893 g/mol. The number of nitrogens with zero attached hydrogens (tertiary/aromatic N) is 1. The average Bonchev–Trinajstić information content (AvgIpc) is 3.83. The normalized spacial score (nSPS) is 14.7. The van der Waals surface area contributed by atoms with Gasteiger partial charge in [0.05, 0.1) is 31.9 Å². The number of aromatic hydroxyl groups is 1. The molecule has 65 heavy (non-hydrogen) atoms. The zero-order valence-electron chi connectivity index (χ0n) is 36.0. The van der Waals surface area contributed by atoms with Gasteiger partial charge < -0.3 is 40.4 Å². The van der Waals surface area contributed by atoms with Gasteiger partial charge >= 0.3 is 5.97 Å². The Labute approximate surface area is 381 Å². The molecular formula is C52H52N4O8S. The summed E-state index contributed by atoms with van der Waals surface area (Å²) in [4.78, 5) is 46.0. The number of phenolic OH excluding ortho intramolecular Hbond substituents is 1. The summed E-state index contributed by atoms with van der Waals surface area (Å²) in [6, 6.07) is 41.7. The van der Waals surface area contributed by atoms with Gasteiger partial charge in [-0.1, -0.05) is 91.0 Å². The number of benzene rings is 5. The van der Waals surface area contributed by atoms with E-state index in [9.17, 15) is 29.7 Å². The van der Waals surface area contributed by atoms with E-state index in [0.29, 0.717) is 39.9 Å². The van der Waals surface area contributed by atoms with E-state index in [1.807, 2.05) is 42.5 Å². The van der Waals surface area contributed by atoms with Crippen LogP contribution in [0, 0.1) is 5.92 Å². The number of H-pyrrole nitrogens is 1. The first-order valence-corrected chi connectivity index (χ1v) is 22.5. The molecule has 3 heterocycles. The smallest absolute Gasteiger partial charge is 0.347 e. The molecule has 0 radical (unpaired) electrons. The summed E-state index contributed by atoms with van der Waals surface area (Å²) in [5, 5.41) is 40.3. The third kappa shape index (κ3) is 10.5. The number of esters is 1. The molecule has 1 saturated heterocycles. The highest BCUT2D eigenvalue weighted by atomic mass is 32.1. The van der Waals surface area contributed by atoms with Crippen molar-refractivity contribution in [1.82, 2.24) is 20.5 Å². The highest BCUT2D eigenvalue weighted by Crippen LogP contribution is 2.36. The fourth-order valence-electron chi connectivity index (χ4n) is 8.36. The first-order chi connectivity index (χ1) is 31.6. The van der Waals surface area contributed by atoms with Crippen molar-refractivity contribution in [3.8, 4) is 21.9 Å². The molecule has 8 rings (SSSR count). The van der Waals surface area contributed by atoms with Crippen LogP contribution in [0.4, 0.5) is 0 Å². The van der Waals surface area contributed by atoms with Crippen LogP contribution in [0.1, 0.15) is 62.0 Å². The summed E-state index contributed by atoms with van der Waals surface area (Å²) in [6.45, 7) is 3.75. The standard InChI is InChI=1S/C52H52N4O8S/c1-63-46-28-37(15-16-38(46)29-53-31-45(58)42-18-20-44(57)49-43(42)19-22-48(59)55-49)50(60)54-30-41-17-21-47(65-41)36-11-8-14-40(27-36)52(62,39-12-6-3-7-13-39)51(61)64-33-35-23-25-56(26-24-35)32-34-9-4-2-5-10-34/h2-22,27-28,35,45,53,57-58,62H,23-26,29-33H2,1H3,(H,54,60)(H,55,59). The van der Waals surface area contributed by atoms with Crippen molar-refractivity contribution in [1.29, 1.82) is 0 Å². The second-order valence-corrected chi connectivity index (χ2v) is 17.5. The molecule has 1 amide bonds. The third-order valence-corrected chi connectivity index (χ3v) is 13.1. The highest BCUT2D eigenvalue weighted by Gasteiger charge is 2.42. The lowest BCUT2D eigenvalue weighted by Crippen LogP contribution is -2.40. The van der Waals surface area contributed by atoms with Crippen molar-refractivity contribution in [3.05, 3.63) is 188 Å². The number of amides is 1. The van der Waals surface area contributed by atoms with Crippen LogP contribution in [0.2, 0.25) is 0 Å². The first kappa shape index (κ1) is 45.0. The van der Waals surface area contributed by atoms with Crippen LogP contribution in [0.5, 0.6) is 11.5 Å². The SMILES string of the molecule is COc1cc(C(=O)NCc2ccc(-c3cccc(C(O)(C(=O)OCC4CCN(Cc5ccccc5)CC4)c4ccccc4)c3)s2)ccc1CNCC(O)c1ccc(O)c2[nH]c(=O)ccc12. The zero-order chi connectivity index (χ0) is 45.3. The van der Waals surface area contributed by atoms with Crippen LogP contribution in [-0.2, 0) is 34.8 Å². The van der Waals surface area contributed by atoms with Gasteiger partial charge in [-0.05, 0) is 96.6 Å². The minimum absolute atomic E-state index is 0.0795. The van der Waals surface area contributed by atoms with Gasteiger partial charge in [0.1, 0.15) is 11.5 Å². The first-order valence-electron chi connectivity index (χ1n) is 21.7. The molecule has 1 aliphatic heterocycles. The minimum atomic E-state index is -2.03. The number of hydrogen-bond acceptors (Lipinski definition) is 11. The number of aliphatic hydroxyl groups is 2. The monoisotopic (exact) mass is 892 g/mol. The lowest BCUT2D eigenvalue weighted by Gasteiger charge is -2.33. The molecule has 13 heteroatoms. The number of methoxy groups -OCH3 is 1. The maximum absolute atomic E-state index is 14.0. The molecule has 12 nitrogen and oxygen atoms in total. The van der Waals surface area contributed by atoms with Crippen molar-refractivity contribution in [3.63, 3.8) is 0 Å². The highest BCUT2D eigenvalue weighted by molar-refractivity contribution is 7.15. The van der Waals surface area contributed by atoms with E-state index >= 15 is 0 Å². The van der Waals surface area contributed by atoms with Gasteiger partial charge in [0.2, 0.25) is 11.2 Å². The Morgan fingerprint density at radius 3 is 2.38 bits per heavy atom. The molecule has 1 fully saturated rings. The molecule has 6 N–H and O–H groups in total. The molecule has 0 bridgehead atoms. The van der Waals surface area contributed by atoms with Crippen LogP contribution >= 0.6 is 11.3 Å². The second-order valence-electron chi connectivity index (χ2n) is 16.4. The number of aromatic nitrogens is 1. The minimum Gasteiger partial charge on any atom is -0.506 e. The summed E-state index contributed by atoms with van der Waals surface area (Å²) in [5.41, 5.74) is 2.56. The Kier molecular flexibility index (Phi) is 14.2. The Bertz CT molecular complexity index is 2810.